The van der Waals surface area contributed by atoms with E-state index in [2.05, 4.69) is 22.0 Å². The van der Waals surface area contributed by atoms with E-state index < -0.39 is 5.91 Å². The summed E-state index contributed by atoms with van der Waals surface area (Å²) in [5, 5.41) is 0. The average molecular weight is 325 g/mol. The Morgan fingerprint density at radius 1 is 1.17 bits per heavy atom. The standard InChI is InChI=1S/C18H19N3O3/c19-18(22)13-4-6-17(20-11-13)21-7-1-2-14(21)12-3-5-15-16(10-12)24-9-8-23-15/h3-6,10-11,14H,1-2,7-9H2,(H2,19,22). The zero-order valence-corrected chi connectivity index (χ0v) is 13.3. The molecule has 1 fully saturated rings. The Morgan fingerprint density at radius 2 is 2.00 bits per heavy atom. The number of ether oxygens (including phenoxy) is 2. The van der Waals surface area contributed by atoms with Crippen molar-refractivity contribution in [3.63, 3.8) is 0 Å². The maximum atomic E-state index is 11.2. The van der Waals surface area contributed by atoms with Crippen LogP contribution in [0.25, 0.3) is 0 Å². The van der Waals surface area contributed by atoms with Gasteiger partial charge >= 0.3 is 0 Å². The van der Waals surface area contributed by atoms with E-state index in [9.17, 15) is 4.79 Å². The molecular formula is C18H19N3O3. The van der Waals surface area contributed by atoms with Gasteiger partial charge in [-0.05, 0) is 42.7 Å². The van der Waals surface area contributed by atoms with E-state index in [1.54, 1.807) is 6.07 Å². The zero-order valence-electron chi connectivity index (χ0n) is 13.3. The molecule has 1 aromatic heterocycles. The van der Waals surface area contributed by atoms with Crippen LogP contribution < -0.4 is 20.1 Å². The number of carbonyl (C=O) groups is 1. The van der Waals surface area contributed by atoms with Crippen molar-refractivity contribution in [2.45, 2.75) is 18.9 Å². The molecule has 1 aromatic carbocycles. The second kappa shape index (κ2) is 6.03. The summed E-state index contributed by atoms with van der Waals surface area (Å²) in [4.78, 5) is 17.9. The van der Waals surface area contributed by atoms with Crippen molar-refractivity contribution in [1.82, 2.24) is 4.98 Å². The van der Waals surface area contributed by atoms with Gasteiger partial charge in [0.25, 0.3) is 0 Å². The predicted octanol–water partition coefficient (Wildman–Crippen LogP) is 2.29. The molecule has 2 aliphatic heterocycles. The lowest BCUT2D eigenvalue weighted by Gasteiger charge is -2.27. The Kier molecular flexibility index (Phi) is 3.72. The van der Waals surface area contributed by atoms with Gasteiger partial charge in [0.15, 0.2) is 11.5 Å². The van der Waals surface area contributed by atoms with Crippen molar-refractivity contribution in [2.24, 2.45) is 5.73 Å². The lowest BCUT2D eigenvalue weighted by molar-refractivity contribution is 0.1000. The molecule has 6 nitrogen and oxygen atoms in total. The monoisotopic (exact) mass is 325 g/mol. The van der Waals surface area contributed by atoms with Crippen molar-refractivity contribution < 1.29 is 14.3 Å². The fourth-order valence-corrected chi connectivity index (χ4v) is 3.36. The summed E-state index contributed by atoms with van der Waals surface area (Å²) < 4.78 is 11.3. The van der Waals surface area contributed by atoms with Crippen LogP contribution in [0.3, 0.4) is 0 Å². The van der Waals surface area contributed by atoms with E-state index in [-0.39, 0.29) is 6.04 Å². The van der Waals surface area contributed by atoms with Crippen molar-refractivity contribution in [1.29, 1.82) is 0 Å². The number of aromatic nitrogens is 1. The molecule has 4 rings (SSSR count). The Morgan fingerprint density at radius 3 is 2.75 bits per heavy atom. The summed E-state index contributed by atoms with van der Waals surface area (Å²) in [6.45, 7) is 2.11. The Hall–Kier alpha value is -2.76. The first-order valence-electron chi connectivity index (χ1n) is 8.14. The second-order valence-electron chi connectivity index (χ2n) is 6.02. The van der Waals surface area contributed by atoms with E-state index in [1.165, 1.54) is 11.8 Å². The number of pyridine rings is 1. The quantitative estimate of drug-likeness (QED) is 0.937. The summed E-state index contributed by atoms with van der Waals surface area (Å²) in [5.41, 5.74) is 6.90. The largest absolute Gasteiger partial charge is 0.486 e. The van der Waals surface area contributed by atoms with Gasteiger partial charge in [-0.2, -0.15) is 0 Å². The molecule has 1 unspecified atom stereocenters. The zero-order chi connectivity index (χ0) is 16.5. The van der Waals surface area contributed by atoms with Crippen LogP contribution >= 0.6 is 0 Å². The third-order valence-electron chi connectivity index (χ3n) is 4.53. The minimum Gasteiger partial charge on any atom is -0.486 e. The Bertz CT molecular complexity index is 761. The number of nitrogens with zero attached hydrogens (tertiary/aromatic N) is 2. The molecule has 1 atom stereocenters. The normalized spacial score (nSPS) is 19.3. The topological polar surface area (TPSA) is 77.7 Å². The molecule has 124 valence electrons. The first kappa shape index (κ1) is 14.8. The lowest BCUT2D eigenvalue weighted by atomic mass is 10.0. The second-order valence-corrected chi connectivity index (χ2v) is 6.02. The number of rotatable bonds is 3. The van der Waals surface area contributed by atoms with E-state index in [1.807, 2.05) is 12.1 Å². The third-order valence-corrected chi connectivity index (χ3v) is 4.53. The summed E-state index contributed by atoms with van der Waals surface area (Å²) in [5.74, 6) is 2.01. The fourth-order valence-electron chi connectivity index (χ4n) is 3.36. The number of carbonyl (C=O) groups excluding carboxylic acids is 1. The van der Waals surface area contributed by atoms with Gasteiger partial charge < -0.3 is 20.1 Å². The van der Waals surface area contributed by atoms with Gasteiger partial charge in [-0.15, -0.1) is 0 Å². The molecule has 0 bridgehead atoms. The van der Waals surface area contributed by atoms with E-state index in [0.717, 1.165) is 36.7 Å². The lowest BCUT2D eigenvalue weighted by Crippen LogP contribution is -2.24. The van der Waals surface area contributed by atoms with Gasteiger partial charge in [-0.1, -0.05) is 6.07 Å². The molecule has 0 spiro atoms. The van der Waals surface area contributed by atoms with Crippen LogP contribution in [0.15, 0.2) is 36.5 Å². The highest BCUT2D eigenvalue weighted by Gasteiger charge is 2.28. The summed E-state index contributed by atoms with van der Waals surface area (Å²) in [6.07, 6.45) is 3.69. The summed E-state index contributed by atoms with van der Waals surface area (Å²) in [6, 6.07) is 9.96. The molecule has 0 radical (unpaired) electrons. The molecule has 6 heteroatoms. The van der Waals surface area contributed by atoms with Crippen LogP contribution in [0.4, 0.5) is 5.82 Å². The third kappa shape index (κ3) is 2.64. The highest BCUT2D eigenvalue weighted by molar-refractivity contribution is 5.92. The molecule has 0 saturated carbocycles. The van der Waals surface area contributed by atoms with Crippen molar-refractivity contribution in [3.8, 4) is 11.5 Å². The molecule has 2 aromatic rings. The Labute approximate surface area is 140 Å². The van der Waals surface area contributed by atoms with Crippen molar-refractivity contribution in [3.05, 3.63) is 47.7 Å². The van der Waals surface area contributed by atoms with E-state index in [0.29, 0.717) is 18.8 Å². The smallest absolute Gasteiger partial charge is 0.250 e. The molecule has 1 amide bonds. The van der Waals surface area contributed by atoms with Gasteiger partial charge in [0.2, 0.25) is 5.91 Å². The van der Waals surface area contributed by atoms with Crippen LogP contribution in [0.1, 0.15) is 34.8 Å². The van der Waals surface area contributed by atoms with E-state index in [4.69, 9.17) is 15.2 Å². The van der Waals surface area contributed by atoms with Crippen LogP contribution in [-0.2, 0) is 0 Å². The maximum absolute atomic E-state index is 11.2. The van der Waals surface area contributed by atoms with Crippen LogP contribution in [0, 0.1) is 0 Å². The van der Waals surface area contributed by atoms with Gasteiger partial charge in [0.1, 0.15) is 19.0 Å². The number of hydrogen-bond acceptors (Lipinski definition) is 5. The number of hydrogen-bond donors (Lipinski definition) is 1. The average Bonchev–Trinajstić information content (AvgIpc) is 3.11. The van der Waals surface area contributed by atoms with Gasteiger partial charge in [0, 0.05) is 12.7 Å². The van der Waals surface area contributed by atoms with Gasteiger partial charge in [-0.3, -0.25) is 4.79 Å². The van der Waals surface area contributed by atoms with Gasteiger partial charge in [0.05, 0.1) is 11.6 Å². The van der Waals surface area contributed by atoms with Crippen LogP contribution in [0.5, 0.6) is 11.5 Å². The van der Waals surface area contributed by atoms with Crippen LogP contribution in [-0.4, -0.2) is 30.6 Å². The number of primary amides is 1. The summed E-state index contributed by atoms with van der Waals surface area (Å²) in [7, 11) is 0. The first-order valence-corrected chi connectivity index (χ1v) is 8.14. The number of amides is 1. The maximum Gasteiger partial charge on any atom is 0.250 e. The number of nitrogens with two attached hydrogens (primary N) is 1. The highest BCUT2D eigenvalue weighted by atomic mass is 16.6. The molecule has 1 saturated heterocycles. The fraction of sp³-hybridized carbons (Fsp3) is 0.333. The van der Waals surface area contributed by atoms with Gasteiger partial charge in [-0.25, -0.2) is 4.98 Å². The minimum atomic E-state index is -0.459. The Balaban J connectivity index is 1.61. The van der Waals surface area contributed by atoms with Crippen molar-refractivity contribution in [2.75, 3.05) is 24.7 Å². The molecule has 2 aliphatic rings. The number of anilines is 1. The minimum absolute atomic E-state index is 0.243. The SMILES string of the molecule is NC(=O)c1ccc(N2CCCC2c2ccc3c(c2)OCCO3)nc1. The van der Waals surface area contributed by atoms with Crippen LogP contribution in [0.2, 0.25) is 0 Å². The van der Waals surface area contributed by atoms with E-state index >= 15 is 0 Å². The molecule has 0 aliphatic carbocycles. The summed E-state index contributed by atoms with van der Waals surface area (Å²) >= 11 is 0. The molecular weight excluding hydrogens is 306 g/mol. The highest BCUT2D eigenvalue weighted by Crippen LogP contribution is 2.39. The molecule has 2 N–H and O–H groups in total. The molecule has 3 heterocycles. The first-order chi connectivity index (χ1) is 11.7. The van der Waals surface area contributed by atoms with Crippen molar-refractivity contribution >= 4 is 11.7 Å². The molecule has 24 heavy (non-hydrogen) atoms. The predicted molar refractivity (Wildman–Crippen MR) is 89.5 cm³/mol. The number of benzene rings is 1. The number of fused-ring (bicyclic) bond motifs is 1.